The van der Waals surface area contributed by atoms with E-state index in [0.29, 0.717) is 17.7 Å². The second-order valence-electron chi connectivity index (χ2n) is 4.66. The van der Waals surface area contributed by atoms with E-state index in [9.17, 15) is 20.0 Å². The number of nitrogens with one attached hydrogen (secondary N) is 2. The minimum atomic E-state index is -0.730. The summed E-state index contributed by atoms with van der Waals surface area (Å²) in [4.78, 5) is 28.2. The van der Waals surface area contributed by atoms with Crippen molar-refractivity contribution in [2.24, 2.45) is 5.10 Å². The molecule has 0 saturated carbocycles. The molecule has 126 valence electrons. The van der Waals surface area contributed by atoms with Crippen LogP contribution in [0.1, 0.15) is 18.2 Å². The molecule has 0 amide bonds. The predicted octanol–water partition coefficient (Wildman–Crippen LogP) is 1.40. The molecule has 0 aliphatic heterocycles. The lowest BCUT2D eigenvalue weighted by molar-refractivity contribution is -0.386. The summed E-state index contributed by atoms with van der Waals surface area (Å²) in [7, 11) is 1.28. The number of aromatic nitrogens is 2. The van der Waals surface area contributed by atoms with Gasteiger partial charge >= 0.3 is 5.69 Å². The van der Waals surface area contributed by atoms with Crippen LogP contribution in [0, 0.1) is 10.1 Å². The van der Waals surface area contributed by atoms with E-state index in [1.54, 1.807) is 0 Å². The lowest BCUT2D eigenvalue weighted by Gasteiger charge is -2.05. The maximum atomic E-state index is 11.4. The average molecular weight is 333 g/mol. The van der Waals surface area contributed by atoms with Crippen LogP contribution in [0.4, 0.5) is 11.6 Å². The number of rotatable bonds is 6. The molecule has 10 heteroatoms. The SMILES string of the molecule is CCc1cc(=O)[nH]c(N/N=C\c2cc(OC)c(O)c([N+](=O)[O-])c2)n1. The number of H-pyrrole nitrogens is 1. The number of hydrogen-bond donors (Lipinski definition) is 3. The summed E-state index contributed by atoms with van der Waals surface area (Å²) in [5.41, 5.74) is 2.63. The molecule has 2 rings (SSSR count). The van der Waals surface area contributed by atoms with Crippen molar-refractivity contribution in [3.8, 4) is 11.5 Å². The molecule has 10 nitrogen and oxygen atoms in total. The standard InChI is InChI=1S/C14H15N5O5/c1-3-9-6-12(20)17-14(16-9)18-15-7-8-4-10(19(22)23)13(21)11(5-8)24-2/h4-7,21H,3H2,1-2H3,(H2,16,17,18,20)/b15-7-. The van der Waals surface area contributed by atoms with Gasteiger partial charge in [0.1, 0.15) is 0 Å². The highest BCUT2D eigenvalue weighted by molar-refractivity contribution is 5.83. The van der Waals surface area contributed by atoms with Crippen LogP contribution in [0.3, 0.4) is 0 Å². The van der Waals surface area contributed by atoms with Crippen LogP contribution in [0.2, 0.25) is 0 Å². The summed E-state index contributed by atoms with van der Waals surface area (Å²) in [6.45, 7) is 1.86. The number of anilines is 1. The number of nitrogens with zero attached hydrogens (tertiary/aromatic N) is 3. The van der Waals surface area contributed by atoms with Crippen LogP contribution < -0.4 is 15.7 Å². The summed E-state index contributed by atoms with van der Waals surface area (Å²) in [5.74, 6) is -0.463. The monoisotopic (exact) mass is 333 g/mol. The van der Waals surface area contributed by atoms with Gasteiger partial charge in [0.25, 0.3) is 5.56 Å². The maximum absolute atomic E-state index is 11.4. The number of nitro groups is 1. The zero-order valence-electron chi connectivity index (χ0n) is 12.9. The van der Waals surface area contributed by atoms with Gasteiger partial charge < -0.3 is 9.84 Å². The molecular formula is C14H15N5O5. The predicted molar refractivity (Wildman–Crippen MR) is 86.8 cm³/mol. The fourth-order valence-corrected chi connectivity index (χ4v) is 1.89. The number of phenols is 1. The smallest absolute Gasteiger partial charge is 0.315 e. The van der Waals surface area contributed by atoms with Gasteiger partial charge in [0.05, 0.1) is 18.2 Å². The molecule has 0 bridgehead atoms. The van der Waals surface area contributed by atoms with Gasteiger partial charge in [-0.05, 0) is 12.5 Å². The molecule has 0 unspecified atom stereocenters. The molecule has 3 N–H and O–H groups in total. The third-order valence-electron chi connectivity index (χ3n) is 3.03. The summed E-state index contributed by atoms with van der Waals surface area (Å²) in [6.07, 6.45) is 1.86. The summed E-state index contributed by atoms with van der Waals surface area (Å²) in [6, 6.07) is 3.90. The van der Waals surface area contributed by atoms with E-state index in [1.807, 2.05) is 6.92 Å². The molecule has 1 aromatic heterocycles. The van der Waals surface area contributed by atoms with E-state index in [-0.39, 0.29) is 17.3 Å². The van der Waals surface area contributed by atoms with Crippen molar-refractivity contribution >= 4 is 17.9 Å². The molecule has 0 saturated heterocycles. The minimum Gasteiger partial charge on any atom is -0.500 e. The van der Waals surface area contributed by atoms with Crippen molar-refractivity contribution in [2.75, 3.05) is 12.5 Å². The van der Waals surface area contributed by atoms with E-state index < -0.39 is 16.4 Å². The van der Waals surface area contributed by atoms with Gasteiger partial charge in [-0.3, -0.25) is 19.9 Å². The number of ether oxygens (including phenoxy) is 1. The first-order valence-electron chi connectivity index (χ1n) is 6.89. The van der Waals surface area contributed by atoms with Crippen molar-refractivity contribution in [1.29, 1.82) is 0 Å². The topological polar surface area (TPSA) is 143 Å². The van der Waals surface area contributed by atoms with Gasteiger partial charge in [0.15, 0.2) is 5.75 Å². The normalized spacial score (nSPS) is 10.8. The highest BCUT2D eigenvalue weighted by Crippen LogP contribution is 2.36. The van der Waals surface area contributed by atoms with E-state index in [2.05, 4.69) is 20.5 Å². The Balaban J connectivity index is 2.26. The summed E-state index contributed by atoms with van der Waals surface area (Å²) >= 11 is 0. The van der Waals surface area contributed by atoms with Crippen LogP contribution in [-0.4, -0.2) is 33.3 Å². The van der Waals surface area contributed by atoms with Gasteiger partial charge in [-0.2, -0.15) is 5.10 Å². The number of methoxy groups -OCH3 is 1. The second kappa shape index (κ2) is 7.22. The average Bonchev–Trinajstić information content (AvgIpc) is 2.55. The first kappa shape index (κ1) is 16.9. The molecule has 1 aromatic carbocycles. The lowest BCUT2D eigenvalue weighted by atomic mass is 10.2. The van der Waals surface area contributed by atoms with Crippen LogP contribution in [0.15, 0.2) is 28.1 Å². The minimum absolute atomic E-state index is 0.0508. The van der Waals surface area contributed by atoms with Crippen LogP contribution in [-0.2, 0) is 6.42 Å². The van der Waals surface area contributed by atoms with E-state index in [1.165, 1.54) is 25.5 Å². The Bertz CT molecular complexity index is 846. The molecule has 0 aliphatic rings. The molecule has 0 radical (unpaired) electrons. The van der Waals surface area contributed by atoms with E-state index >= 15 is 0 Å². The summed E-state index contributed by atoms with van der Waals surface area (Å²) in [5, 5.41) is 24.5. The number of aromatic amines is 1. The van der Waals surface area contributed by atoms with Crippen LogP contribution in [0.25, 0.3) is 0 Å². The third-order valence-corrected chi connectivity index (χ3v) is 3.03. The van der Waals surface area contributed by atoms with Gasteiger partial charge in [-0.25, -0.2) is 10.4 Å². The Morgan fingerprint density at radius 2 is 2.25 bits per heavy atom. The first-order chi connectivity index (χ1) is 11.4. The van der Waals surface area contributed by atoms with Gasteiger partial charge in [-0.1, -0.05) is 6.92 Å². The molecule has 0 atom stereocenters. The van der Waals surface area contributed by atoms with E-state index in [4.69, 9.17) is 4.74 Å². The largest absolute Gasteiger partial charge is 0.500 e. The number of benzene rings is 1. The highest BCUT2D eigenvalue weighted by Gasteiger charge is 2.19. The Morgan fingerprint density at radius 1 is 1.50 bits per heavy atom. The molecule has 0 aliphatic carbocycles. The quantitative estimate of drug-likeness (QED) is 0.412. The number of hydrazone groups is 1. The van der Waals surface area contributed by atoms with Gasteiger partial charge in [0, 0.05) is 23.4 Å². The second-order valence-corrected chi connectivity index (χ2v) is 4.66. The van der Waals surface area contributed by atoms with Crippen molar-refractivity contribution < 1.29 is 14.8 Å². The zero-order valence-corrected chi connectivity index (χ0v) is 12.9. The van der Waals surface area contributed by atoms with Crippen molar-refractivity contribution in [1.82, 2.24) is 9.97 Å². The Morgan fingerprint density at radius 3 is 2.88 bits per heavy atom. The number of aryl methyl sites for hydroxylation is 1. The van der Waals surface area contributed by atoms with Gasteiger partial charge in [-0.15, -0.1) is 0 Å². The molecule has 1 heterocycles. The van der Waals surface area contributed by atoms with Crippen molar-refractivity contribution in [2.45, 2.75) is 13.3 Å². The highest BCUT2D eigenvalue weighted by atomic mass is 16.6. The number of nitro benzene ring substituents is 1. The van der Waals surface area contributed by atoms with Crippen LogP contribution in [0.5, 0.6) is 11.5 Å². The zero-order chi connectivity index (χ0) is 17.7. The molecular weight excluding hydrogens is 318 g/mol. The van der Waals surface area contributed by atoms with E-state index in [0.717, 1.165) is 6.07 Å². The summed E-state index contributed by atoms with van der Waals surface area (Å²) < 4.78 is 4.89. The Kier molecular flexibility index (Phi) is 5.09. The molecule has 0 spiro atoms. The maximum Gasteiger partial charge on any atom is 0.315 e. The first-order valence-corrected chi connectivity index (χ1v) is 6.89. The number of aromatic hydroxyl groups is 1. The Labute approximate surface area is 136 Å². The fourth-order valence-electron chi connectivity index (χ4n) is 1.89. The van der Waals surface area contributed by atoms with Crippen molar-refractivity contribution in [3.63, 3.8) is 0 Å². The number of phenolic OH excluding ortho intramolecular Hbond substituents is 1. The third kappa shape index (κ3) is 3.85. The fraction of sp³-hybridized carbons (Fsp3) is 0.214. The molecule has 24 heavy (non-hydrogen) atoms. The lowest BCUT2D eigenvalue weighted by Crippen LogP contribution is -2.11. The van der Waals surface area contributed by atoms with Crippen LogP contribution >= 0.6 is 0 Å². The molecule has 2 aromatic rings. The Hall–Kier alpha value is -3.43. The van der Waals surface area contributed by atoms with Gasteiger partial charge in [0.2, 0.25) is 11.7 Å². The number of hydrogen-bond acceptors (Lipinski definition) is 8. The molecule has 0 fully saturated rings. The van der Waals surface area contributed by atoms with Crippen molar-refractivity contribution in [3.05, 3.63) is 49.9 Å².